The molecule has 2 aliphatic heterocycles. The van der Waals surface area contributed by atoms with Crippen molar-refractivity contribution in [2.24, 2.45) is 0 Å². The van der Waals surface area contributed by atoms with E-state index in [2.05, 4.69) is 39.1 Å². The number of halogens is 1. The lowest BCUT2D eigenvalue weighted by Gasteiger charge is -2.23. The molecule has 4 nitrogen and oxygen atoms in total. The van der Waals surface area contributed by atoms with Crippen LogP contribution < -0.4 is 14.8 Å². The van der Waals surface area contributed by atoms with Gasteiger partial charge in [-0.2, -0.15) is 0 Å². The molecule has 0 aliphatic carbocycles. The average molecular weight is 341 g/mol. The summed E-state index contributed by atoms with van der Waals surface area (Å²) >= 11 is 3.60. The molecule has 0 amide bonds. The molecule has 110 valence electrons. The number of hydrogen-bond acceptors (Lipinski definition) is 4. The van der Waals surface area contributed by atoms with Crippen LogP contribution in [0, 0.1) is 0 Å². The van der Waals surface area contributed by atoms with Gasteiger partial charge in [-0.25, -0.2) is 0 Å². The third kappa shape index (κ3) is 2.95. The van der Waals surface area contributed by atoms with Crippen molar-refractivity contribution in [2.75, 3.05) is 26.4 Å². The molecule has 1 atom stereocenters. The van der Waals surface area contributed by atoms with E-state index >= 15 is 0 Å². The Labute approximate surface area is 128 Å². The second-order valence-electron chi connectivity index (χ2n) is 5.35. The van der Waals surface area contributed by atoms with Crippen LogP contribution >= 0.6 is 15.9 Å². The Bertz CT molecular complexity index is 481. The molecule has 0 spiro atoms. The lowest BCUT2D eigenvalue weighted by atomic mass is 10.2. The number of fused-ring (bicyclic) bond motifs is 1. The molecular formula is C15H21BrN2O2. The van der Waals surface area contributed by atoms with Crippen LogP contribution in [0.5, 0.6) is 11.5 Å². The highest BCUT2D eigenvalue weighted by Crippen LogP contribution is 2.36. The normalized spacial score (nSPS) is 21.6. The molecule has 0 radical (unpaired) electrons. The first kappa shape index (κ1) is 14.2. The van der Waals surface area contributed by atoms with Crippen molar-refractivity contribution >= 4 is 15.9 Å². The van der Waals surface area contributed by atoms with Crippen LogP contribution in [0.4, 0.5) is 0 Å². The maximum atomic E-state index is 5.43. The Morgan fingerprint density at radius 1 is 1.35 bits per heavy atom. The molecule has 0 saturated carbocycles. The van der Waals surface area contributed by atoms with Crippen LogP contribution in [0.15, 0.2) is 16.6 Å². The summed E-state index contributed by atoms with van der Waals surface area (Å²) in [4.78, 5) is 2.56. The summed E-state index contributed by atoms with van der Waals surface area (Å²) in [5.74, 6) is 1.68. The third-order valence-electron chi connectivity index (χ3n) is 4.14. The van der Waals surface area contributed by atoms with E-state index in [4.69, 9.17) is 9.47 Å². The monoisotopic (exact) mass is 340 g/mol. The number of benzene rings is 1. The van der Waals surface area contributed by atoms with Crippen molar-refractivity contribution in [3.63, 3.8) is 0 Å². The molecule has 0 aromatic heterocycles. The lowest BCUT2D eigenvalue weighted by Crippen LogP contribution is -2.37. The first-order chi connectivity index (χ1) is 9.78. The molecule has 5 heteroatoms. The van der Waals surface area contributed by atoms with E-state index in [-0.39, 0.29) is 0 Å². The van der Waals surface area contributed by atoms with E-state index in [9.17, 15) is 0 Å². The van der Waals surface area contributed by atoms with E-state index in [1.54, 1.807) is 0 Å². The predicted molar refractivity (Wildman–Crippen MR) is 82.2 cm³/mol. The van der Waals surface area contributed by atoms with E-state index in [1.165, 1.54) is 24.9 Å². The summed E-state index contributed by atoms with van der Waals surface area (Å²) < 4.78 is 11.9. The van der Waals surface area contributed by atoms with E-state index in [1.807, 2.05) is 6.07 Å². The van der Waals surface area contributed by atoms with Gasteiger partial charge in [0.2, 0.25) is 6.79 Å². The Morgan fingerprint density at radius 3 is 2.95 bits per heavy atom. The van der Waals surface area contributed by atoms with Gasteiger partial charge in [-0.15, -0.1) is 0 Å². The summed E-state index contributed by atoms with van der Waals surface area (Å²) in [6, 6.07) is 4.74. The largest absolute Gasteiger partial charge is 0.454 e. The predicted octanol–water partition coefficient (Wildman–Crippen LogP) is 2.75. The highest BCUT2D eigenvalue weighted by atomic mass is 79.9. The molecule has 2 aliphatic rings. The number of likely N-dealkylation sites (tertiary alicyclic amines) is 1. The van der Waals surface area contributed by atoms with Crippen LogP contribution in [0.3, 0.4) is 0 Å². The number of ether oxygens (including phenoxy) is 2. The number of hydrogen-bond donors (Lipinski definition) is 1. The molecule has 1 fully saturated rings. The number of nitrogens with zero attached hydrogens (tertiary/aromatic N) is 1. The van der Waals surface area contributed by atoms with Gasteiger partial charge in [0.15, 0.2) is 11.5 Å². The minimum Gasteiger partial charge on any atom is -0.454 e. The summed E-state index contributed by atoms with van der Waals surface area (Å²) in [7, 11) is 0. The van der Waals surface area contributed by atoms with E-state index in [0.29, 0.717) is 12.8 Å². The van der Waals surface area contributed by atoms with Gasteiger partial charge >= 0.3 is 0 Å². The third-order valence-corrected chi connectivity index (χ3v) is 4.88. The smallest absolute Gasteiger partial charge is 0.231 e. The van der Waals surface area contributed by atoms with Crippen molar-refractivity contribution in [3.8, 4) is 11.5 Å². The van der Waals surface area contributed by atoms with Gasteiger partial charge in [0.25, 0.3) is 0 Å². The highest BCUT2D eigenvalue weighted by Gasteiger charge is 2.22. The SMILES string of the molecule is CCN1CCCC1CNCc1cc2c(cc1Br)OCO2. The molecule has 0 bridgehead atoms. The first-order valence-corrected chi connectivity index (χ1v) is 8.10. The Kier molecular flexibility index (Phi) is 4.48. The van der Waals surface area contributed by atoms with Crippen molar-refractivity contribution in [2.45, 2.75) is 32.4 Å². The van der Waals surface area contributed by atoms with E-state index in [0.717, 1.165) is 35.6 Å². The van der Waals surface area contributed by atoms with E-state index < -0.39 is 0 Å². The molecule has 1 unspecified atom stereocenters. The summed E-state index contributed by atoms with van der Waals surface area (Å²) in [6.07, 6.45) is 2.64. The van der Waals surface area contributed by atoms with Crippen LogP contribution in [0.25, 0.3) is 0 Å². The van der Waals surface area contributed by atoms with Gasteiger partial charge in [-0.3, -0.25) is 4.90 Å². The average Bonchev–Trinajstić information content (AvgIpc) is 3.07. The quantitative estimate of drug-likeness (QED) is 0.893. The number of likely N-dealkylation sites (N-methyl/N-ethyl adjacent to an activating group) is 1. The molecule has 1 saturated heterocycles. The molecule has 20 heavy (non-hydrogen) atoms. The molecule has 1 aromatic rings. The summed E-state index contributed by atoms with van der Waals surface area (Å²) in [5, 5.41) is 3.57. The summed E-state index contributed by atoms with van der Waals surface area (Å²) in [6.45, 7) is 6.87. The van der Waals surface area contributed by atoms with Crippen LogP contribution in [0.1, 0.15) is 25.3 Å². The van der Waals surface area contributed by atoms with Crippen molar-refractivity contribution in [1.29, 1.82) is 0 Å². The van der Waals surface area contributed by atoms with Crippen molar-refractivity contribution < 1.29 is 9.47 Å². The Hall–Kier alpha value is -0.780. The highest BCUT2D eigenvalue weighted by molar-refractivity contribution is 9.10. The van der Waals surface area contributed by atoms with Gasteiger partial charge in [0.1, 0.15) is 0 Å². The standard InChI is InChI=1S/C15H21BrN2O2/c1-2-18-5-3-4-12(18)9-17-8-11-6-14-15(7-13(11)16)20-10-19-14/h6-7,12,17H,2-5,8-10H2,1H3. The topological polar surface area (TPSA) is 33.7 Å². The minimum absolute atomic E-state index is 0.326. The first-order valence-electron chi connectivity index (χ1n) is 7.30. The molecule has 2 heterocycles. The second-order valence-corrected chi connectivity index (χ2v) is 6.21. The van der Waals surface area contributed by atoms with Gasteiger partial charge in [-0.1, -0.05) is 22.9 Å². The second kappa shape index (κ2) is 6.33. The fourth-order valence-corrected chi connectivity index (χ4v) is 3.47. The lowest BCUT2D eigenvalue weighted by molar-refractivity contribution is 0.174. The van der Waals surface area contributed by atoms with Gasteiger partial charge in [-0.05, 0) is 43.6 Å². The van der Waals surface area contributed by atoms with Crippen LogP contribution in [-0.2, 0) is 6.54 Å². The number of nitrogens with one attached hydrogen (secondary N) is 1. The van der Waals surface area contributed by atoms with Crippen molar-refractivity contribution in [3.05, 3.63) is 22.2 Å². The van der Waals surface area contributed by atoms with Gasteiger partial charge in [0, 0.05) is 23.6 Å². The molecule has 1 N–H and O–H groups in total. The zero-order chi connectivity index (χ0) is 13.9. The van der Waals surface area contributed by atoms with Crippen LogP contribution in [-0.4, -0.2) is 37.4 Å². The molecular weight excluding hydrogens is 320 g/mol. The maximum absolute atomic E-state index is 5.43. The van der Waals surface area contributed by atoms with Crippen molar-refractivity contribution in [1.82, 2.24) is 10.2 Å². The summed E-state index contributed by atoms with van der Waals surface area (Å²) in [5.41, 5.74) is 1.22. The zero-order valence-electron chi connectivity index (χ0n) is 11.8. The van der Waals surface area contributed by atoms with Crippen LogP contribution in [0.2, 0.25) is 0 Å². The Balaban J connectivity index is 1.56. The molecule has 1 aromatic carbocycles. The minimum atomic E-state index is 0.326. The van der Waals surface area contributed by atoms with Gasteiger partial charge in [0.05, 0.1) is 0 Å². The maximum Gasteiger partial charge on any atom is 0.231 e. The Morgan fingerprint density at radius 2 is 2.15 bits per heavy atom. The fraction of sp³-hybridized carbons (Fsp3) is 0.600. The fourth-order valence-electron chi connectivity index (χ4n) is 3.01. The molecule has 3 rings (SSSR count). The zero-order valence-corrected chi connectivity index (χ0v) is 13.4. The van der Waals surface area contributed by atoms with Gasteiger partial charge < -0.3 is 14.8 Å². The number of rotatable bonds is 5.